The number of benzene rings is 1. The summed E-state index contributed by atoms with van der Waals surface area (Å²) in [7, 11) is 0. The molecular weight excluding hydrogens is 244 g/mol. The lowest BCUT2D eigenvalue weighted by molar-refractivity contribution is 0.0668. The van der Waals surface area contributed by atoms with Gasteiger partial charge in [-0.2, -0.15) is 0 Å². The molecule has 2 unspecified atom stereocenters. The number of nitrogens with two attached hydrogens (primary N) is 1. The summed E-state index contributed by atoms with van der Waals surface area (Å²) in [5.74, 6) is 0. The fraction of sp³-hybridized carbons (Fsp3) is 0.667. The smallest absolute Gasteiger partial charge is 0.0236 e. The van der Waals surface area contributed by atoms with Crippen LogP contribution in [-0.4, -0.2) is 24.0 Å². The van der Waals surface area contributed by atoms with Gasteiger partial charge in [-0.1, -0.05) is 50.6 Å². The topological polar surface area (TPSA) is 29.3 Å². The van der Waals surface area contributed by atoms with Gasteiger partial charge in [0.2, 0.25) is 0 Å². The molecule has 1 aromatic rings. The molecule has 1 heterocycles. The summed E-state index contributed by atoms with van der Waals surface area (Å²) >= 11 is 0. The average Bonchev–Trinajstić information content (AvgIpc) is 3.04. The Bertz CT molecular complexity index is 454. The highest BCUT2D eigenvalue weighted by molar-refractivity contribution is 5.19. The van der Waals surface area contributed by atoms with E-state index in [0.29, 0.717) is 16.9 Å². The van der Waals surface area contributed by atoms with Crippen molar-refractivity contribution in [2.75, 3.05) is 13.1 Å². The van der Waals surface area contributed by atoms with Crippen LogP contribution >= 0.6 is 0 Å². The van der Waals surface area contributed by atoms with Crippen LogP contribution in [0.5, 0.6) is 0 Å². The summed E-state index contributed by atoms with van der Waals surface area (Å²) in [4.78, 5) is 2.71. The Labute approximate surface area is 123 Å². The van der Waals surface area contributed by atoms with Crippen LogP contribution in [0.25, 0.3) is 0 Å². The van der Waals surface area contributed by atoms with E-state index in [-0.39, 0.29) is 0 Å². The summed E-state index contributed by atoms with van der Waals surface area (Å²) < 4.78 is 0. The molecule has 20 heavy (non-hydrogen) atoms. The zero-order valence-electron chi connectivity index (χ0n) is 12.9. The Morgan fingerprint density at radius 2 is 1.90 bits per heavy atom. The molecule has 2 heteroatoms. The van der Waals surface area contributed by atoms with E-state index in [2.05, 4.69) is 49.1 Å². The van der Waals surface area contributed by atoms with Crippen molar-refractivity contribution in [2.45, 2.75) is 52.1 Å². The average molecular weight is 272 g/mol. The molecule has 1 saturated carbocycles. The summed E-state index contributed by atoms with van der Waals surface area (Å²) in [5, 5.41) is 0. The number of likely N-dealkylation sites (tertiary alicyclic amines) is 1. The van der Waals surface area contributed by atoms with Crippen molar-refractivity contribution in [3.63, 3.8) is 0 Å². The van der Waals surface area contributed by atoms with E-state index < -0.39 is 0 Å². The molecule has 0 amide bonds. The van der Waals surface area contributed by atoms with E-state index >= 15 is 0 Å². The first-order valence-corrected chi connectivity index (χ1v) is 8.07. The van der Waals surface area contributed by atoms with Gasteiger partial charge in [0.05, 0.1) is 0 Å². The maximum absolute atomic E-state index is 6.20. The largest absolute Gasteiger partial charge is 0.330 e. The van der Waals surface area contributed by atoms with Gasteiger partial charge in [-0.15, -0.1) is 0 Å². The molecule has 0 aromatic heterocycles. The Kier molecular flexibility index (Phi) is 3.64. The van der Waals surface area contributed by atoms with Crippen LogP contribution in [0.2, 0.25) is 0 Å². The highest BCUT2D eigenvalue weighted by atomic mass is 15.2. The maximum Gasteiger partial charge on any atom is 0.0236 e. The third kappa shape index (κ3) is 2.29. The second-order valence-corrected chi connectivity index (χ2v) is 7.39. The van der Waals surface area contributed by atoms with Crippen molar-refractivity contribution < 1.29 is 0 Å². The second kappa shape index (κ2) is 5.16. The number of rotatable bonds is 4. The highest BCUT2D eigenvalue weighted by Gasteiger charge is 2.64. The minimum absolute atomic E-state index is 0.363. The zero-order valence-corrected chi connectivity index (χ0v) is 12.9. The van der Waals surface area contributed by atoms with Crippen LogP contribution < -0.4 is 5.73 Å². The molecule has 1 aliphatic carbocycles. The van der Waals surface area contributed by atoms with E-state index in [4.69, 9.17) is 5.73 Å². The van der Waals surface area contributed by atoms with E-state index in [1.165, 1.54) is 37.8 Å². The summed E-state index contributed by atoms with van der Waals surface area (Å²) in [6, 6.07) is 11.6. The quantitative estimate of drug-likeness (QED) is 0.910. The molecule has 1 aliphatic heterocycles. The van der Waals surface area contributed by atoms with Gasteiger partial charge >= 0.3 is 0 Å². The molecule has 0 radical (unpaired) electrons. The van der Waals surface area contributed by atoms with Crippen LogP contribution in [0.1, 0.15) is 45.1 Å². The van der Waals surface area contributed by atoms with Crippen LogP contribution in [0.4, 0.5) is 0 Å². The molecule has 3 rings (SSSR count). The highest BCUT2D eigenvalue weighted by Crippen LogP contribution is 2.66. The van der Waals surface area contributed by atoms with Crippen molar-refractivity contribution in [3.05, 3.63) is 35.9 Å². The van der Waals surface area contributed by atoms with Crippen LogP contribution in [0.3, 0.4) is 0 Å². The Morgan fingerprint density at radius 3 is 2.50 bits per heavy atom. The molecule has 2 aliphatic rings. The fourth-order valence-corrected chi connectivity index (χ4v) is 4.42. The number of hydrogen-bond acceptors (Lipinski definition) is 2. The molecule has 0 spiro atoms. The van der Waals surface area contributed by atoms with Crippen molar-refractivity contribution >= 4 is 0 Å². The third-order valence-electron chi connectivity index (χ3n) is 5.82. The monoisotopic (exact) mass is 272 g/mol. The Balaban J connectivity index is 1.78. The van der Waals surface area contributed by atoms with E-state index in [0.717, 1.165) is 13.1 Å². The van der Waals surface area contributed by atoms with Crippen molar-refractivity contribution in [2.24, 2.45) is 16.6 Å². The van der Waals surface area contributed by atoms with Crippen molar-refractivity contribution in [1.29, 1.82) is 0 Å². The normalized spacial score (nSPS) is 33.0. The van der Waals surface area contributed by atoms with Crippen LogP contribution in [0.15, 0.2) is 30.3 Å². The number of hydrogen-bond donors (Lipinski definition) is 1. The van der Waals surface area contributed by atoms with Crippen LogP contribution in [-0.2, 0) is 6.54 Å². The number of nitrogens with zero attached hydrogens (tertiary/aromatic N) is 1. The first-order valence-electron chi connectivity index (χ1n) is 8.07. The lowest BCUT2D eigenvalue weighted by atomic mass is 9.82. The first-order chi connectivity index (χ1) is 9.59. The van der Waals surface area contributed by atoms with Crippen molar-refractivity contribution in [1.82, 2.24) is 4.90 Å². The predicted molar refractivity (Wildman–Crippen MR) is 84.4 cm³/mol. The summed E-state index contributed by atoms with van der Waals surface area (Å²) in [5.41, 5.74) is 8.43. The van der Waals surface area contributed by atoms with Crippen LogP contribution in [0, 0.1) is 10.8 Å². The molecular formula is C18H28N2. The molecule has 2 fully saturated rings. The lowest BCUT2D eigenvalue weighted by Gasteiger charge is -2.42. The van der Waals surface area contributed by atoms with E-state index in [9.17, 15) is 0 Å². The van der Waals surface area contributed by atoms with Gasteiger partial charge < -0.3 is 5.73 Å². The first kappa shape index (κ1) is 14.1. The Morgan fingerprint density at radius 1 is 1.20 bits per heavy atom. The van der Waals surface area contributed by atoms with Gasteiger partial charge in [0.25, 0.3) is 0 Å². The molecule has 1 aromatic carbocycles. The van der Waals surface area contributed by atoms with E-state index in [1.54, 1.807) is 0 Å². The third-order valence-corrected chi connectivity index (χ3v) is 5.82. The van der Waals surface area contributed by atoms with Gasteiger partial charge in [-0.05, 0) is 43.3 Å². The molecule has 0 bridgehead atoms. The maximum atomic E-state index is 6.20. The van der Waals surface area contributed by atoms with Gasteiger partial charge in [-0.3, -0.25) is 4.90 Å². The predicted octanol–water partition coefficient (Wildman–Crippen LogP) is 3.42. The second-order valence-electron chi connectivity index (χ2n) is 7.39. The summed E-state index contributed by atoms with van der Waals surface area (Å²) in [6.07, 6.45) is 5.33. The molecule has 1 saturated heterocycles. The zero-order chi connectivity index (χ0) is 14.2. The molecule has 110 valence electrons. The number of piperidine rings is 1. The minimum Gasteiger partial charge on any atom is -0.330 e. The molecule has 2 atom stereocenters. The van der Waals surface area contributed by atoms with Gasteiger partial charge in [0, 0.05) is 18.0 Å². The summed E-state index contributed by atoms with van der Waals surface area (Å²) in [6.45, 7) is 7.96. The van der Waals surface area contributed by atoms with Gasteiger partial charge in [0.15, 0.2) is 0 Å². The minimum atomic E-state index is 0.363. The van der Waals surface area contributed by atoms with Gasteiger partial charge in [-0.25, -0.2) is 0 Å². The standard InChI is InChI=1S/C18H28N2/c1-17(2)13-18(17,14-19)16-10-6-7-11-20(16)12-15-8-4-3-5-9-15/h3-5,8-9,16H,6-7,10-14,19H2,1-2H3. The van der Waals surface area contributed by atoms with Crippen molar-refractivity contribution in [3.8, 4) is 0 Å². The molecule has 2 nitrogen and oxygen atoms in total. The van der Waals surface area contributed by atoms with E-state index in [1.807, 2.05) is 0 Å². The van der Waals surface area contributed by atoms with Gasteiger partial charge in [0.1, 0.15) is 0 Å². The fourth-order valence-electron chi connectivity index (χ4n) is 4.42. The molecule has 2 N–H and O–H groups in total. The lowest BCUT2D eigenvalue weighted by Crippen LogP contribution is -2.48. The Hall–Kier alpha value is -0.860. The SMILES string of the molecule is CC1(C)CC1(CN)C1CCCCN1Cc1ccccc1.